The van der Waals surface area contributed by atoms with Crippen LogP contribution in [0.2, 0.25) is 5.02 Å². The van der Waals surface area contributed by atoms with Crippen LogP contribution in [0.4, 0.5) is 5.69 Å². The van der Waals surface area contributed by atoms with Gasteiger partial charge in [0, 0.05) is 6.54 Å². The number of halogens is 1. The second kappa shape index (κ2) is 10.1. The molecule has 0 atom stereocenters. The molecule has 8 heteroatoms. The van der Waals surface area contributed by atoms with Crippen LogP contribution in [-0.4, -0.2) is 26.4 Å². The van der Waals surface area contributed by atoms with E-state index in [0.717, 1.165) is 11.3 Å². The Hall–Kier alpha value is -3.03. The molecule has 1 N–H and O–H groups in total. The number of nitrogens with zero attached hydrogens (tertiary/aromatic N) is 3. The number of fused-ring (bicyclic) bond motifs is 1. The van der Waals surface area contributed by atoms with E-state index in [1.54, 1.807) is 12.1 Å². The number of hydrogen-bond donors (Lipinski definition) is 1. The summed E-state index contributed by atoms with van der Waals surface area (Å²) in [7, 11) is 0. The topological polar surface area (TPSA) is 69.0 Å². The lowest BCUT2D eigenvalue weighted by Gasteiger charge is -2.12. The number of para-hydroxylation sites is 1. The summed E-state index contributed by atoms with van der Waals surface area (Å²) in [4.78, 5) is 12.3. The lowest BCUT2D eigenvalue weighted by atomic mass is 10.0. The molecule has 0 radical (unpaired) electrons. The zero-order chi connectivity index (χ0) is 22.5. The molecule has 6 nitrogen and oxygen atoms in total. The van der Waals surface area contributed by atoms with Gasteiger partial charge in [-0.1, -0.05) is 65.8 Å². The van der Waals surface area contributed by atoms with E-state index in [1.807, 2.05) is 41.8 Å². The summed E-state index contributed by atoms with van der Waals surface area (Å²) >= 11 is 7.43. The molecule has 0 bridgehead atoms. The molecule has 0 fully saturated rings. The number of carbonyl (C=O) groups excluding carboxylic acids is 1. The Morgan fingerprint density at radius 3 is 2.69 bits per heavy atom. The third-order valence-electron chi connectivity index (χ3n) is 5.10. The molecule has 1 aromatic heterocycles. The summed E-state index contributed by atoms with van der Waals surface area (Å²) in [5.41, 5.74) is 1.69. The molecular formula is C24H23ClN4O2S. The summed E-state index contributed by atoms with van der Waals surface area (Å²) in [6, 6.07) is 19.4. The minimum atomic E-state index is -0.154. The first-order valence-corrected chi connectivity index (χ1v) is 11.6. The van der Waals surface area contributed by atoms with Crippen molar-refractivity contribution in [2.75, 3.05) is 11.1 Å². The summed E-state index contributed by atoms with van der Waals surface area (Å²) in [5.74, 6) is 1.59. The van der Waals surface area contributed by atoms with E-state index in [0.29, 0.717) is 34.8 Å². The first-order chi connectivity index (χ1) is 15.6. The number of aryl methyl sites for hydroxylation is 1. The Morgan fingerprint density at radius 2 is 1.88 bits per heavy atom. The van der Waals surface area contributed by atoms with Gasteiger partial charge in [0.25, 0.3) is 0 Å². The maximum Gasteiger partial charge on any atom is 0.234 e. The number of aromatic nitrogens is 3. The summed E-state index contributed by atoms with van der Waals surface area (Å²) < 4.78 is 8.04. The van der Waals surface area contributed by atoms with Crippen LogP contribution < -0.4 is 10.1 Å². The average molecular weight is 467 g/mol. The average Bonchev–Trinajstić information content (AvgIpc) is 3.21. The fourth-order valence-corrected chi connectivity index (χ4v) is 4.44. The standard InChI is InChI=1S/C24H23ClN4O2S/c1-3-29-22(14-31-21-13-12-17-8-4-5-9-18(17)16(21)2)27-28-24(29)32-15-23(30)26-20-11-7-6-10-19(20)25/h4-13H,3,14-15H2,1-2H3,(H,26,30). The van der Waals surface area contributed by atoms with E-state index in [1.165, 1.54) is 22.5 Å². The lowest BCUT2D eigenvalue weighted by Crippen LogP contribution is -2.15. The Morgan fingerprint density at radius 1 is 1.09 bits per heavy atom. The van der Waals surface area contributed by atoms with Crippen molar-refractivity contribution in [1.82, 2.24) is 14.8 Å². The highest BCUT2D eigenvalue weighted by atomic mass is 35.5. The number of rotatable bonds is 8. The Labute approximate surface area is 195 Å². The van der Waals surface area contributed by atoms with Crippen LogP contribution in [0.15, 0.2) is 65.8 Å². The smallest absolute Gasteiger partial charge is 0.234 e. The first kappa shape index (κ1) is 22.2. The van der Waals surface area contributed by atoms with Gasteiger partial charge >= 0.3 is 0 Å². The maximum atomic E-state index is 12.3. The molecule has 1 heterocycles. The highest BCUT2D eigenvalue weighted by Gasteiger charge is 2.15. The molecular weight excluding hydrogens is 444 g/mol. The third kappa shape index (κ3) is 4.89. The first-order valence-electron chi connectivity index (χ1n) is 10.3. The van der Waals surface area contributed by atoms with Gasteiger partial charge in [0.15, 0.2) is 11.0 Å². The van der Waals surface area contributed by atoms with E-state index < -0.39 is 0 Å². The van der Waals surface area contributed by atoms with Crippen molar-refractivity contribution in [3.63, 3.8) is 0 Å². The molecule has 164 valence electrons. The van der Waals surface area contributed by atoms with Crippen LogP contribution in [0.3, 0.4) is 0 Å². The van der Waals surface area contributed by atoms with Crippen LogP contribution in [0.1, 0.15) is 18.3 Å². The molecule has 3 aromatic carbocycles. The van der Waals surface area contributed by atoms with Gasteiger partial charge in [-0.25, -0.2) is 0 Å². The number of thioether (sulfide) groups is 1. The van der Waals surface area contributed by atoms with Crippen molar-refractivity contribution in [3.8, 4) is 5.75 Å². The largest absolute Gasteiger partial charge is 0.485 e. The van der Waals surface area contributed by atoms with Crippen molar-refractivity contribution in [1.29, 1.82) is 0 Å². The number of anilines is 1. The predicted octanol–water partition coefficient (Wildman–Crippen LogP) is 5.72. The summed E-state index contributed by atoms with van der Waals surface area (Å²) in [6.07, 6.45) is 0. The highest BCUT2D eigenvalue weighted by Crippen LogP contribution is 2.28. The van der Waals surface area contributed by atoms with Gasteiger partial charge in [0.05, 0.1) is 16.5 Å². The zero-order valence-electron chi connectivity index (χ0n) is 17.8. The van der Waals surface area contributed by atoms with Gasteiger partial charge in [0.2, 0.25) is 5.91 Å². The minimum Gasteiger partial charge on any atom is -0.485 e. The number of amides is 1. The van der Waals surface area contributed by atoms with E-state index in [-0.39, 0.29) is 11.7 Å². The van der Waals surface area contributed by atoms with Crippen LogP contribution >= 0.6 is 23.4 Å². The number of nitrogens with one attached hydrogen (secondary N) is 1. The quantitative estimate of drug-likeness (QED) is 0.336. The Balaban J connectivity index is 1.40. The number of carbonyl (C=O) groups is 1. The van der Waals surface area contributed by atoms with Gasteiger partial charge in [-0.15, -0.1) is 10.2 Å². The van der Waals surface area contributed by atoms with Crippen molar-refractivity contribution in [2.45, 2.75) is 32.2 Å². The molecule has 4 aromatic rings. The van der Waals surface area contributed by atoms with Crippen molar-refractivity contribution >= 4 is 45.7 Å². The van der Waals surface area contributed by atoms with Gasteiger partial charge in [-0.3, -0.25) is 4.79 Å². The number of hydrogen-bond acceptors (Lipinski definition) is 5. The number of benzene rings is 3. The van der Waals surface area contributed by atoms with E-state index >= 15 is 0 Å². The second-order valence-corrected chi connectivity index (χ2v) is 8.51. The van der Waals surface area contributed by atoms with Crippen molar-refractivity contribution < 1.29 is 9.53 Å². The van der Waals surface area contributed by atoms with Gasteiger partial charge in [-0.05, 0) is 48.4 Å². The zero-order valence-corrected chi connectivity index (χ0v) is 19.4. The molecule has 4 rings (SSSR count). The van der Waals surface area contributed by atoms with Crippen LogP contribution in [-0.2, 0) is 17.9 Å². The van der Waals surface area contributed by atoms with Crippen LogP contribution in [0.25, 0.3) is 10.8 Å². The molecule has 1 amide bonds. The van der Waals surface area contributed by atoms with Gasteiger partial charge in [0.1, 0.15) is 12.4 Å². The van der Waals surface area contributed by atoms with E-state index in [4.69, 9.17) is 16.3 Å². The molecule has 0 unspecified atom stereocenters. The molecule has 0 aliphatic carbocycles. The Bertz CT molecular complexity index is 1260. The van der Waals surface area contributed by atoms with E-state index in [2.05, 4.69) is 40.6 Å². The highest BCUT2D eigenvalue weighted by molar-refractivity contribution is 7.99. The molecule has 0 aliphatic rings. The van der Waals surface area contributed by atoms with Crippen LogP contribution in [0, 0.1) is 6.92 Å². The predicted molar refractivity (Wildman–Crippen MR) is 130 cm³/mol. The fraction of sp³-hybridized carbons (Fsp3) is 0.208. The lowest BCUT2D eigenvalue weighted by molar-refractivity contribution is -0.113. The number of ether oxygens (including phenoxy) is 1. The molecule has 0 saturated carbocycles. The van der Waals surface area contributed by atoms with Crippen molar-refractivity contribution in [3.05, 3.63) is 77.1 Å². The molecule has 0 saturated heterocycles. The normalized spacial score (nSPS) is 11.0. The summed E-state index contributed by atoms with van der Waals surface area (Å²) in [5, 5.41) is 14.9. The van der Waals surface area contributed by atoms with Gasteiger partial charge < -0.3 is 14.6 Å². The van der Waals surface area contributed by atoms with Crippen LogP contribution in [0.5, 0.6) is 5.75 Å². The maximum absolute atomic E-state index is 12.3. The molecule has 0 aliphatic heterocycles. The summed E-state index contributed by atoms with van der Waals surface area (Å²) in [6.45, 7) is 5.05. The SMILES string of the molecule is CCn1c(COc2ccc3ccccc3c2C)nnc1SCC(=O)Nc1ccccc1Cl. The third-order valence-corrected chi connectivity index (χ3v) is 6.39. The molecule has 0 spiro atoms. The Kier molecular flexibility index (Phi) is 6.97. The monoisotopic (exact) mass is 466 g/mol. The van der Waals surface area contributed by atoms with E-state index in [9.17, 15) is 4.79 Å². The van der Waals surface area contributed by atoms with Crippen molar-refractivity contribution in [2.24, 2.45) is 0 Å². The fourth-order valence-electron chi connectivity index (χ4n) is 3.43. The van der Waals surface area contributed by atoms with Gasteiger partial charge in [-0.2, -0.15) is 0 Å². The second-order valence-electron chi connectivity index (χ2n) is 7.16. The molecule has 32 heavy (non-hydrogen) atoms. The minimum absolute atomic E-state index is 0.154.